The van der Waals surface area contributed by atoms with Crippen LogP contribution in [0.2, 0.25) is 5.02 Å². The van der Waals surface area contributed by atoms with Crippen molar-refractivity contribution in [2.75, 3.05) is 16.8 Å². The lowest BCUT2D eigenvalue weighted by Crippen LogP contribution is -2.26. The van der Waals surface area contributed by atoms with E-state index in [0.717, 1.165) is 10.2 Å². The fraction of sp³-hybridized carbons (Fsp3) is 0.455. The third kappa shape index (κ3) is 4.85. The van der Waals surface area contributed by atoms with Crippen LogP contribution < -0.4 is 5.32 Å². The van der Waals surface area contributed by atoms with E-state index >= 15 is 0 Å². The summed E-state index contributed by atoms with van der Waals surface area (Å²) in [7, 11) is -2.96. The monoisotopic (exact) mass is 339 g/mol. The second-order valence-electron chi connectivity index (χ2n) is 3.87. The van der Waals surface area contributed by atoms with Gasteiger partial charge in [-0.25, -0.2) is 8.42 Å². The first-order valence-corrected chi connectivity index (χ1v) is 8.25. The van der Waals surface area contributed by atoms with E-state index in [2.05, 4.69) is 21.2 Å². The highest BCUT2D eigenvalue weighted by molar-refractivity contribution is 9.10. The largest absolute Gasteiger partial charge is 0.382 e. The van der Waals surface area contributed by atoms with Gasteiger partial charge in [0.15, 0.2) is 9.84 Å². The van der Waals surface area contributed by atoms with Gasteiger partial charge in [0.05, 0.1) is 10.8 Å². The van der Waals surface area contributed by atoms with Crippen molar-refractivity contribution in [2.24, 2.45) is 0 Å². The van der Waals surface area contributed by atoms with Crippen LogP contribution in [0, 0.1) is 0 Å². The quantitative estimate of drug-likeness (QED) is 0.894. The van der Waals surface area contributed by atoms with E-state index < -0.39 is 9.84 Å². The molecule has 1 rings (SSSR count). The van der Waals surface area contributed by atoms with Crippen molar-refractivity contribution in [3.05, 3.63) is 27.7 Å². The minimum atomic E-state index is -2.96. The number of hydrogen-bond donors (Lipinski definition) is 1. The zero-order valence-electron chi connectivity index (χ0n) is 9.70. The Labute approximate surface area is 116 Å². The molecular weight excluding hydrogens is 326 g/mol. The first-order chi connectivity index (χ1) is 7.84. The molecule has 1 atom stereocenters. The molecular formula is C11H15BrClNO2S. The second kappa shape index (κ2) is 6.07. The van der Waals surface area contributed by atoms with Gasteiger partial charge < -0.3 is 5.32 Å². The van der Waals surface area contributed by atoms with Gasteiger partial charge in [-0.15, -0.1) is 0 Å². The van der Waals surface area contributed by atoms with Gasteiger partial charge >= 0.3 is 0 Å². The first kappa shape index (κ1) is 14.8. The Morgan fingerprint density at radius 1 is 1.47 bits per heavy atom. The molecule has 17 heavy (non-hydrogen) atoms. The zero-order chi connectivity index (χ0) is 13.1. The summed E-state index contributed by atoms with van der Waals surface area (Å²) in [5, 5.41) is 3.71. The van der Waals surface area contributed by atoms with Gasteiger partial charge in [-0.2, -0.15) is 0 Å². The summed E-state index contributed by atoms with van der Waals surface area (Å²) in [4.78, 5) is 0. The van der Waals surface area contributed by atoms with Gasteiger partial charge in [0.1, 0.15) is 0 Å². The molecule has 1 aromatic carbocycles. The van der Waals surface area contributed by atoms with Crippen molar-refractivity contribution in [3.63, 3.8) is 0 Å². The summed E-state index contributed by atoms with van der Waals surface area (Å²) >= 11 is 9.25. The van der Waals surface area contributed by atoms with Crippen LogP contribution in [0.5, 0.6) is 0 Å². The summed E-state index contributed by atoms with van der Waals surface area (Å²) < 4.78 is 23.7. The average molecular weight is 341 g/mol. The number of anilines is 1. The van der Waals surface area contributed by atoms with E-state index in [-0.39, 0.29) is 17.5 Å². The van der Waals surface area contributed by atoms with E-state index in [1.54, 1.807) is 13.0 Å². The molecule has 0 radical (unpaired) electrons. The van der Waals surface area contributed by atoms with Gasteiger partial charge in [0, 0.05) is 22.0 Å². The third-order valence-electron chi connectivity index (χ3n) is 2.28. The van der Waals surface area contributed by atoms with Gasteiger partial charge in [-0.1, -0.05) is 18.5 Å². The maximum Gasteiger partial charge on any atom is 0.152 e. The first-order valence-electron chi connectivity index (χ1n) is 5.26. The Kier molecular flexibility index (Phi) is 5.28. The van der Waals surface area contributed by atoms with Crippen LogP contribution in [-0.4, -0.2) is 26.0 Å². The minimum absolute atomic E-state index is 0.122. The topological polar surface area (TPSA) is 46.2 Å². The summed E-state index contributed by atoms with van der Waals surface area (Å²) in [6.45, 7) is 3.49. The Hall–Kier alpha value is -0.260. The molecule has 1 aromatic rings. The SMILES string of the molecule is CCS(=O)(=O)CC(C)Nc1ccc(Br)c(Cl)c1. The summed E-state index contributed by atoms with van der Waals surface area (Å²) in [5.41, 5.74) is 0.817. The van der Waals surface area contributed by atoms with Crippen LogP contribution in [0.4, 0.5) is 5.69 Å². The van der Waals surface area contributed by atoms with E-state index in [1.807, 2.05) is 19.1 Å². The predicted octanol–water partition coefficient (Wildman–Crippen LogP) is 3.34. The molecule has 0 heterocycles. The molecule has 1 unspecified atom stereocenters. The molecule has 3 nitrogen and oxygen atoms in total. The van der Waals surface area contributed by atoms with Crippen molar-refractivity contribution in [3.8, 4) is 0 Å². The molecule has 0 bridgehead atoms. The normalized spacial score (nSPS) is 13.4. The van der Waals surface area contributed by atoms with Crippen LogP contribution in [0.3, 0.4) is 0 Å². The number of rotatable bonds is 5. The fourth-order valence-electron chi connectivity index (χ4n) is 1.41. The Bertz CT molecular complexity index is 490. The fourth-order valence-corrected chi connectivity index (χ4v) is 2.92. The number of nitrogens with one attached hydrogen (secondary N) is 1. The van der Waals surface area contributed by atoms with Crippen molar-refractivity contribution < 1.29 is 8.42 Å². The molecule has 0 aromatic heterocycles. The molecule has 0 amide bonds. The number of halogens is 2. The van der Waals surface area contributed by atoms with Crippen LogP contribution >= 0.6 is 27.5 Å². The highest BCUT2D eigenvalue weighted by Crippen LogP contribution is 2.25. The summed E-state index contributed by atoms with van der Waals surface area (Å²) in [6.07, 6.45) is 0. The maximum atomic E-state index is 11.4. The molecule has 0 aliphatic heterocycles. The van der Waals surface area contributed by atoms with Crippen LogP contribution in [0.1, 0.15) is 13.8 Å². The lowest BCUT2D eigenvalue weighted by atomic mass is 10.3. The smallest absolute Gasteiger partial charge is 0.152 e. The standard InChI is InChI=1S/C11H15BrClNO2S/c1-3-17(15,16)7-8(2)14-9-4-5-10(12)11(13)6-9/h4-6,8,14H,3,7H2,1-2H3. The molecule has 0 saturated heterocycles. The van der Waals surface area contributed by atoms with Crippen molar-refractivity contribution in [1.82, 2.24) is 0 Å². The molecule has 6 heteroatoms. The third-order valence-corrected chi connectivity index (χ3v) is 5.40. The van der Waals surface area contributed by atoms with Crippen LogP contribution in [0.25, 0.3) is 0 Å². The number of sulfone groups is 1. The molecule has 96 valence electrons. The zero-order valence-corrected chi connectivity index (χ0v) is 12.9. The highest BCUT2D eigenvalue weighted by Gasteiger charge is 2.13. The average Bonchev–Trinajstić information content (AvgIpc) is 2.23. The van der Waals surface area contributed by atoms with Crippen molar-refractivity contribution >= 4 is 43.1 Å². The van der Waals surface area contributed by atoms with E-state index in [0.29, 0.717) is 5.02 Å². The van der Waals surface area contributed by atoms with Gasteiger partial charge in [0.25, 0.3) is 0 Å². The molecule has 0 fully saturated rings. The van der Waals surface area contributed by atoms with E-state index in [1.165, 1.54) is 0 Å². The predicted molar refractivity (Wildman–Crippen MR) is 76.6 cm³/mol. The summed E-state index contributed by atoms with van der Waals surface area (Å²) in [6, 6.07) is 5.30. The van der Waals surface area contributed by atoms with Crippen LogP contribution in [-0.2, 0) is 9.84 Å². The van der Waals surface area contributed by atoms with E-state index in [9.17, 15) is 8.42 Å². The van der Waals surface area contributed by atoms with Crippen molar-refractivity contribution in [2.45, 2.75) is 19.9 Å². The molecule has 0 saturated carbocycles. The highest BCUT2D eigenvalue weighted by atomic mass is 79.9. The second-order valence-corrected chi connectivity index (χ2v) is 7.53. The Balaban J connectivity index is 2.68. The summed E-state index contributed by atoms with van der Waals surface area (Å²) in [5.74, 6) is 0.289. The molecule has 1 N–H and O–H groups in total. The van der Waals surface area contributed by atoms with Crippen LogP contribution in [0.15, 0.2) is 22.7 Å². The Morgan fingerprint density at radius 3 is 2.65 bits per heavy atom. The minimum Gasteiger partial charge on any atom is -0.382 e. The number of hydrogen-bond acceptors (Lipinski definition) is 3. The van der Waals surface area contributed by atoms with E-state index in [4.69, 9.17) is 11.6 Å². The van der Waals surface area contributed by atoms with Gasteiger partial charge in [-0.05, 0) is 41.1 Å². The molecule has 0 aliphatic carbocycles. The van der Waals surface area contributed by atoms with Gasteiger partial charge in [-0.3, -0.25) is 0 Å². The maximum absolute atomic E-state index is 11.4. The lowest BCUT2D eigenvalue weighted by Gasteiger charge is -2.15. The molecule has 0 aliphatic rings. The Morgan fingerprint density at radius 2 is 2.12 bits per heavy atom. The molecule has 0 spiro atoms. The lowest BCUT2D eigenvalue weighted by molar-refractivity contribution is 0.593. The number of benzene rings is 1. The van der Waals surface area contributed by atoms with Crippen molar-refractivity contribution in [1.29, 1.82) is 0 Å². The van der Waals surface area contributed by atoms with Gasteiger partial charge in [0.2, 0.25) is 0 Å².